The van der Waals surface area contributed by atoms with Crippen molar-refractivity contribution >= 4 is 10.2 Å². The number of rotatable bonds is 3. The molecule has 0 unspecified atom stereocenters. The number of ether oxygens (including phenoxy) is 2. The van der Waals surface area contributed by atoms with Crippen molar-refractivity contribution in [1.29, 1.82) is 0 Å². The maximum Gasteiger partial charge on any atom is 0.274 e. The Morgan fingerprint density at radius 3 is 3.00 bits per heavy atom. The van der Waals surface area contributed by atoms with Crippen molar-refractivity contribution < 1.29 is 22.3 Å². The van der Waals surface area contributed by atoms with Crippen LogP contribution < -0.4 is 19.3 Å². The Hall–Kier alpha value is -1.38. The van der Waals surface area contributed by atoms with Crippen LogP contribution in [0.4, 0.5) is 4.39 Å². The number of benzene rings is 1. The second-order valence-corrected chi connectivity index (χ2v) is 4.89. The Kier molecular flexibility index (Phi) is 3.18. The second kappa shape index (κ2) is 4.47. The van der Waals surface area contributed by atoms with Gasteiger partial charge in [0.15, 0.2) is 17.3 Å². The molecule has 0 saturated carbocycles. The van der Waals surface area contributed by atoms with E-state index in [0.717, 1.165) is 0 Å². The summed E-state index contributed by atoms with van der Waals surface area (Å²) in [4.78, 5) is 0. The molecule has 1 heterocycles. The Bertz CT molecular complexity index is 520. The first kappa shape index (κ1) is 12.1. The fourth-order valence-electron chi connectivity index (χ4n) is 1.42. The number of hydrogen-bond donors (Lipinski definition) is 2. The summed E-state index contributed by atoms with van der Waals surface area (Å²) >= 11 is 0. The largest absolute Gasteiger partial charge is 0.483 e. The molecule has 1 aromatic rings. The predicted molar refractivity (Wildman–Crippen MR) is 57.4 cm³/mol. The van der Waals surface area contributed by atoms with Gasteiger partial charge in [-0.25, -0.2) is 9.53 Å². The first-order valence-electron chi connectivity index (χ1n) is 4.81. The maximum absolute atomic E-state index is 13.2. The number of halogens is 1. The molecule has 1 aliphatic rings. The summed E-state index contributed by atoms with van der Waals surface area (Å²) in [6, 6.07) is 4.28. The molecule has 0 fully saturated rings. The molecule has 0 bridgehead atoms. The Morgan fingerprint density at radius 1 is 1.53 bits per heavy atom. The van der Waals surface area contributed by atoms with Crippen molar-refractivity contribution in [2.75, 3.05) is 13.2 Å². The van der Waals surface area contributed by atoms with Gasteiger partial charge in [0.25, 0.3) is 10.2 Å². The summed E-state index contributed by atoms with van der Waals surface area (Å²) in [6.45, 7) is 0.0191. The zero-order valence-electron chi connectivity index (χ0n) is 8.72. The number of fused-ring (bicyclic) bond motifs is 1. The van der Waals surface area contributed by atoms with Crippen molar-refractivity contribution in [2.24, 2.45) is 5.14 Å². The van der Waals surface area contributed by atoms with Gasteiger partial charge in [-0.1, -0.05) is 6.07 Å². The van der Waals surface area contributed by atoms with Gasteiger partial charge in [-0.15, -0.1) is 0 Å². The molecule has 0 radical (unpaired) electrons. The standard InChI is InChI=1S/C9H11FN2O4S/c10-7-2-1-3-8-9(7)15-5-6(16-8)4-12-17(11,13)14/h1-3,6,12H,4-5H2,(H2,11,13,14)/t6-/m0/s1. The summed E-state index contributed by atoms with van der Waals surface area (Å²) in [5, 5.41) is 4.78. The van der Waals surface area contributed by atoms with Crippen molar-refractivity contribution in [1.82, 2.24) is 4.72 Å². The molecule has 1 aromatic carbocycles. The third-order valence-electron chi connectivity index (χ3n) is 2.15. The molecule has 6 nitrogen and oxygen atoms in total. The van der Waals surface area contributed by atoms with Crippen LogP contribution in [0.15, 0.2) is 18.2 Å². The van der Waals surface area contributed by atoms with Crippen LogP contribution in [-0.2, 0) is 10.2 Å². The molecule has 17 heavy (non-hydrogen) atoms. The van der Waals surface area contributed by atoms with E-state index in [-0.39, 0.29) is 24.7 Å². The number of hydrogen-bond acceptors (Lipinski definition) is 4. The molecule has 1 aliphatic heterocycles. The van der Waals surface area contributed by atoms with Crippen LogP contribution >= 0.6 is 0 Å². The van der Waals surface area contributed by atoms with E-state index < -0.39 is 22.1 Å². The van der Waals surface area contributed by atoms with Crippen LogP contribution in [0, 0.1) is 5.82 Å². The minimum atomic E-state index is -3.77. The van der Waals surface area contributed by atoms with E-state index in [1.165, 1.54) is 12.1 Å². The first-order chi connectivity index (χ1) is 7.96. The van der Waals surface area contributed by atoms with Crippen LogP contribution in [0.1, 0.15) is 0 Å². The average Bonchev–Trinajstić information content (AvgIpc) is 2.26. The van der Waals surface area contributed by atoms with Crippen molar-refractivity contribution in [2.45, 2.75) is 6.10 Å². The zero-order valence-corrected chi connectivity index (χ0v) is 9.54. The minimum Gasteiger partial charge on any atom is -0.483 e. The summed E-state index contributed by atoms with van der Waals surface area (Å²) in [5.41, 5.74) is 0. The van der Waals surface area contributed by atoms with E-state index in [0.29, 0.717) is 0 Å². The minimum absolute atomic E-state index is 0.0329. The Labute approximate surface area is 97.7 Å². The highest BCUT2D eigenvalue weighted by molar-refractivity contribution is 7.87. The van der Waals surface area contributed by atoms with E-state index in [1.54, 1.807) is 6.07 Å². The van der Waals surface area contributed by atoms with Crippen LogP contribution in [-0.4, -0.2) is 27.7 Å². The van der Waals surface area contributed by atoms with Gasteiger partial charge in [-0.3, -0.25) is 0 Å². The molecule has 2 rings (SSSR count). The van der Waals surface area contributed by atoms with Crippen molar-refractivity contribution in [3.05, 3.63) is 24.0 Å². The molecule has 0 aliphatic carbocycles. The van der Waals surface area contributed by atoms with Gasteiger partial charge in [-0.2, -0.15) is 13.1 Å². The quantitative estimate of drug-likeness (QED) is 0.786. The molecule has 0 saturated heterocycles. The lowest BCUT2D eigenvalue weighted by Crippen LogP contribution is -2.43. The molecular weight excluding hydrogens is 251 g/mol. The van der Waals surface area contributed by atoms with E-state index >= 15 is 0 Å². The summed E-state index contributed by atoms with van der Waals surface area (Å²) in [5.74, 6) is -0.225. The molecule has 1 atom stereocenters. The monoisotopic (exact) mass is 262 g/mol. The third-order valence-corrected chi connectivity index (χ3v) is 2.72. The lowest BCUT2D eigenvalue weighted by molar-refractivity contribution is 0.0899. The average molecular weight is 262 g/mol. The zero-order chi connectivity index (χ0) is 12.5. The van der Waals surface area contributed by atoms with E-state index in [9.17, 15) is 12.8 Å². The van der Waals surface area contributed by atoms with Crippen LogP contribution in [0.25, 0.3) is 0 Å². The lowest BCUT2D eigenvalue weighted by atomic mass is 10.2. The fraction of sp³-hybridized carbons (Fsp3) is 0.333. The van der Waals surface area contributed by atoms with Gasteiger partial charge in [0.05, 0.1) is 6.54 Å². The van der Waals surface area contributed by atoms with Crippen LogP contribution in [0.2, 0.25) is 0 Å². The van der Waals surface area contributed by atoms with Gasteiger partial charge in [0.2, 0.25) is 0 Å². The van der Waals surface area contributed by atoms with Gasteiger partial charge < -0.3 is 9.47 Å². The molecule has 0 aromatic heterocycles. The van der Waals surface area contributed by atoms with Gasteiger partial charge in [-0.05, 0) is 12.1 Å². The molecular formula is C9H11FN2O4S. The topological polar surface area (TPSA) is 90.7 Å². The van der Waals surface area contributed by atoms with Crippen molar-refractivity contribution in [3.8, 4) is 11.5 Å². The van der Waals surface area contributed by atoms with Gasteiger partial charge in [0.1, 0.15) is 12.7 Å². The van der Waals surface area contributed by atoms with E-state index in [1.807, 2.05) is 0 Å². The highest BCUT2D eigenvalue weighted by Gasteiger charge is 2.24. The highest BCUT2D eigenvalue weighted by Crippen LogP contribution is 2.33. The SMILES string of the molecule is NS(=O)(=O)NC[C@H]1COc2c(F)cccc2O1. The highest BCUT2D eigenvalue weighted by atomic mass is 32.2. The summed E-state index contributed by atoms with van der Waals surface area (Å²) < 4.78 is 47.2. The van der Waals surface area contributed by atoms with Crippen molar-refractivity contribution in [3.63, 3.8) is 0 Å². The van der Waals surface area contributed by atoms with Crippen LogP contribution in [0.5, 0.6) is 11.5 Å². The number of nitrogens with one attached hydrogen (secondary N) is 1. The van der Waals surface area contributed by atoms with Gasteiger partial charge in [0, 0.05) is 0 Å². The third kappa shape index (κ3) is 3.05. The van der Waals surface area contributed by atoms with Gasteiger partial charge >= 0.3 is 0 Å². The molecule has 0 amide bonds. The molecule has 94 valence electrons. The van der Waals surface area contributed by atoms with Crippen LogP contribution in [0.3, 0.4) is 0 Å². The van der Waals surface area contributed by atoms with E-state index in [2.05, 4.69) is 4.72 Å². The molecule has 0 spiro atoms. The maximum atomic E-state index is 13.2. The predicted octanol–water partition coefficient (Wildman–Crippen LogP) is -0.241. The first-order valence-corrected chi connectivity index (χ1v) is 6.36. The number of nitrogens with two attached hydrogens (primary N) is 1. The second-order valence-electron chi connectivity index (χ2n) is 3.51. The van der Waals surface area contributed by atoms with E-state index in [4.69, 9.17) is 14.6 Å². The Balaban J connectivity index is 2.04. The smallest absolute Gasteiger partial charge is 0.274 e. The normalized spacial score (nSPS) is 19.1. The molecule has 3 N–H and O–H groups in total. The summed E-state index contributed by atoms with van der Waals surface area (Å²) in [6.07, 6.45) is -0.539. The molecule has 8 heteroatoms. The summed E-state index contributed by atoms with van der Waals surface area (Å²) in [7, 11) is -3.77. The number of para-hydroxylation sites is 1. The lowest BCUT2D eigenvalue weighted by Gasteiger charge is -2.26. The Morgan fingerprint density at radius 2 is 2.29 bits per heavy atom. The fourth-order valence-corrected chi connectivity index (χ4v) is 1.84.